The van der Waals surface area contributed by atoms with E-state index in [2.05, 4.69) is 5.32 Å². The highest BCUT2D eigenvalue weighted by atomic mass is 19.4. The Morgan fingerprint density at radius 1 is 1.32 bits per heavy atom. The number of halogens is 4. The molecular formula is C19H24F4N4O4. The molecule has 0 spiro atoms. The van der Waals surface area contributed by atoms with Crippen molar-refractivity contribution in [3.8, 4) is 0 Å². The molecule has 0 unspecified atom stereocenters. The Kier molecular flexibility index (Phi) is 7.96. The Balaban J connectivity index is 2.23. The van der Waals surface area contributed by atoms with Crippen LogP contribution in [-0.4, -0.2) is 67.7 Å². The molecule has 1 saturated heterocycles. The number of morpholine rings is 1. The van der Waals surface area contributed by atoms with Gasteiger partial charge in [0, 0.05) is 18.8 Å². The van der Waals surface area contributed by atoms with Gasteiger partial charge in [0.1, 0.15) is 12.4 Å². The largest absolute Gasteiger partial charge is 0.401 e. The third-order valence-corrected chi connectivity index (χ3v) is 4.37. The molecule has 1 heterocycles. The Morgan fingerprint density at radius 2 is 2.00 bits per heavy atom. The summed E-state index contributed by atoms with van der Waals surface area (Å²) in [6, 6.07) is 1.56. The Bertz CT molecular complexity index is 832. The number of rotatable bonds is 8. The van der Waals surface area contributed by atoms with Gasteiger partial charge in [0.25, 0.3) is 11.8 Å². The molecule has 0 radical (unpaired) electrons. The molecule has 0 saturated carbocycles. The molecule has 1 aromatic rings. The topological polar surface area (TPSA) is 105 Å². The summed E-state index contributed by atoms with van der Waals surface area (Å²) >= 11 is 0. The maximum absolute atomic E-state index is 14.5. The summed E-state index contributed by atoms with van der Waals surface area (Å²) in [5, 5.41) is 2.12. The average Bonchev–Trinajstić information content (AvgIpc) is 2.61. The molecule has 0 bridgehead atoms. The van der Waals surface area contributed by atoms with Crippen molar-refractivity contribution in [2.45, 2.75) is 26.1 Å². The lowest BCUT2D eigenvalue weighted by Crippen LogP contribution is -2.55. The van der Waals surface area contributed by atoms with Crippen LogP contribution in [-0.2, 0) is 19.1 Å². The zero-order valence-corrected chi connectivity index (χ0v) is 17.0. The van der Waals surface area contributed by atoms with Gasteiger partial charge in [-0.05, 0) is 24.1 Å². The molecule has 1 atom stereocenters. The number of nitrogens with two attached hydrogens (primary N) is 1. The molecule has 0 aromatic heterocycles. The molecule has 31 heavy (non-hydrogen) atoms. The van der Waals surface area contributed by atoms with Crippen LogP contribution < -0.4 is 16.0 Å². The smallest absolute Gasteiger partial charge is 0.370 e. The number of ether oxygens (including phenoxy) is 1. The van der Waals surface area contributed by atoms with Crippen LogP contribution in [0.15, 0.2) is 18.2 Å². The minimum Gasteiger partial charge on any atom is -0.370 e. The molecule has 172 valence electrons. The van der Waals surface area contributed by atoms with Crippen LogP contribution >= 0.6 is 0 Å². The number of carbonyl (C=O) groups excluding carboxylic acids is 3. The second-order valence-corrected chi connectivity index (χ2v) is 7.49. The first kappa shape index (κ1) is 24.5. The molecule has 0 aliphatic carbocycles. The first-order valence-electron chi connectivity index (χ1n) is 9.47. The van der Waals surface area contributed by atoms with Gasteiger partial charge in [0.2, 0.25) is 5.91 Å². The van der Waals surface area contributed by atoms with Crippen molar-refractivity contribution in [3.05, 3.63) is 24.0 Å². The molecule has 8 nitrogen and oxygen atoms in total. The quantitative estimate of drug-likeness (QED) is 0.463. The highest BCUT2D eigenvalue weighted by molar-refractivity contribution is 6.09. The number of carbonyl (C=O) groups is 3. The van der Waals surface area contributed by atoms with E-state index in [1.54, 1.807) is 13.8 Å². The van der Waals surface area contributed by atoms with Crippen molar-refractivity contribution in [2.24, 2.45) is 11.7 Å². The molecular weight excluding hydrogens is 424 g/mol. The van der Waals surface area contributed by atoms with E-state index in [1.807, 2.05) is 0 Å². The molecule has 12 heteroatoms. The molecule has 3 amide bonds. The van der Waals surface area contributed by atoms with Gasteiger partial charge in [-0.1, -0.05) is 13.8 Å². The van der Waals surface area contributed by atoms with Gasteiger partial charge in [-0.25, -0.2) is 4.39 Å². The van der Waals surface area contributed by atoms with Gasteiger partial charge < -0.3 is 20.7 Å². The standard InChI is InChI=1S/C19H24F4N4O4/c1-11(2)8-26(10-19(21,22)23)16(17(24)29)18(30)25-14-4-3-12(7-13(14)20)27-5-6-31-9-15(27)28/h3-4,7,11,16H,5-6,8-10H2,1-2H3,(H2,24,29)(H,25,30)/t16-/m0/s1. The highest BCUT2D eigenvalue weighted by Gasteiger charge is 2.39. The first-order chi connectivity index (χ1) is 14.4. The molecule has 3 N–H and O–H groups in total. The fraction of sp³-hybridized carbons (Fsp3) is 0.526. The van der Waals surface area contributed by atoms with E-state index in [1.165, 1.54) is 11.0 Å². The van der Waals surface area contributed by atoms with Gasteiger partial charge in [-0.2, -0.15) is 13.2 Å². The third kappa shape index (κ3) is 6.89. The van der Waals surface area contributed by atoms with E-state index >= 15 is 0 Å². The van der Waals surface area contributed by atoms with E-state index in [0.717, 1.165) is 12.1 Å². The Morgan fingerprint density at radius 3 is 2.52 bits per heavy atom. The second-order valence-electron chi connectivity index (χ2n) is 7.49. The van der Waals surface area contributed by atoms with Crippen molar-refractivity contribution < 1.29 is 36.7 Å². The summed E-state index contributed by atoms with van der Waals surface area (Å²) < 4.78 is 58.4. The fourth-order valence-corrected chi connectivity index (χ4v) is 3.20. The molecule has 1 aliphatic rings. The van der Waals surface area contributed by atoms with Crippen LogP contribution in [0.2, 0.25) is 0 Å². The van der Waals surface area contributed by atoms with Crippen molar-refractivity contribution in [3.63, 3.8) is 0 Å². The molecule has 1 fully saturated rings. The van der Waals surface area contributed by atoms with Crippen LogP contribution in [0, 0.1) is 11.7 Å². The number of anilines is 2. The van der Waals surface area contributed by atoms with E-state index in [9.17, 15) is 31.9 Å². The summed E-state index contributed by atoms with van der Waals surface area (Å²) in [5.74, 6) is -4.09. The van der Waals surface area contributed by atoms with Crippen molar-refractivity contribution >= 4 is 29.1 Å². The van der Waals surface area contributed by atoms with Crippen LogP contribution in [0.25, 0.3) is 0 Å². The van der Waals surface area contributed by atoms with Gasteiger partial charge in [-0.15, -0.1) is 0 Å². The van der Waals surface area contributed by atoms with Crippen LogP contribution in [0.3, 0.4) is 0 Å². The highest BCUT2D eigenvalue weighted by Crippen LogP contribution is 2.24. The SMILES string of the molecule is CC(C)CN(CC(F)(F)F)[C@@H](C(N)=O)C(=O)Nc1ccc(N2CCOCC2=O)cc1F. The minimum atomic E-state index is -4.68. The number of primary amides is 1. The average molecular weight is 448 g/mol. The maximum atomic E-state index is 14.5. The van der Waals surface area contributed by atoms with Gasteiger partial charge >= 0.3 is 6.18 Å². The van der Waals surface area contributed by atoms with E-state index in [0.29, 0.717) is 4.90 Å². The lowest BCUT2D eigenvalue weighted by molar-refractivity contribution is -0.158. The van der Waals surface area contributed by atoms with E-state index < -0.39 is 36.4 Å². The summed E-state index contributed by atoms with van der Waals surface area (Å²) in [6.07, 6.45) is -4.68. The minimum absolute atomic E-state index is 0.148. The third-order valence-electron chi connectivity index (χ3n) is 4.37. The number of amides is 3. The van der Waals surface area contributed by atoms with E-state index in [-0.39, 0.29) is 49.5 Å². The summed E-state index contributed by atoms with van der Waals surface area (Å²) in [6.45, 7) is 1.81. The summed E-state index contributed by atoms with van der Waals surface area (Å²) in [5.41, 5.74) is 5.07. The fourth-order valence-electron chi connectivity index (χ4n) is 3.20. The lowest BCUT2D eigenvalue weighted by atomic mass is 10.1. The van der Waals surface area contributed by atoms with Crippen LogP contribution in [0.1, 0.15) is 13.8 Å². The van der Waals surface area contributed by atoms with Crippen LogP contribution in [0.4, 0.5) is 28.9 Å². The zero-order valence-electron chi connectivity index (χ0n) is 17.0. The normalized spacial score (nSPS) is 16.0. The number of hydrogen-bond donors (Lipinski definition) is 2. The number of benzene rings is 1. The van der Waals surface area contributed by atoms with Gasteiger partial charge in [-0.3, -0.25) is 19.3 Å². The molecule has 1 aliphatic heterocycles. The maximum Gasteiger partial charge on any atom is 0.401 e. The van der Waals surface area contributed by atoms with Crippen molar-refractivity contribution in [2.75, 3.05) is 43.1 Å². The van der Waals surface area contributed by atoms with E-state index in [4.69, 9.17) is 10.5 Å². The Hall–Kier alpha value is -2.73. The van der Waals surface area contributed by atoms with Gasteiger partial charge in [0.15, 0.2) is 6.04 Å². The van der Waals surface area contributed by atoms with Gasteiger partial charge in [0.05, 0.1) is 18.8 Å². The summed E-state index contributed by atoms with van der Waals surface area (Å²) in [7, 11) is 0. The predicted molar refractivity (Wildman–Crippen MR) is 104 cm³/mol. The van der Waals surface area contributed by atoms with Crippen LogP contribution in [0.5, 0.6) is 0 Å². The van der Waals surface area contributed by atoms with Crippen molar-refractivity contribution in [1.82, 2.24) is 4.90 Å². The predicted octanol–water partition coefficient (Wildman–Crippen LogP) is 1.50. The second kappa shape index (κ2) is 10.1. The molecule has 2 rings (SSSR count). The summed E-state index contributed by atoms with van der Waals surface area (Å²) in [4.78, 5) is 38.2. The zero-order chi connectivity index (χ0) is 23.3. The number of nitrogens with one attached hydrogen (secondary N) is 1. The number of hydrogen-bond acceptors (Lipinski definition) is 5. The Labute approximate surface area is 176 Å². The number of alkyl halides is 3. The van der Waals surface area contributed by atoms with Crippen molar-refractivity contribution in [1.29, 1.82) is 0 Å². The monoisotopic (exact) mass is 448 g/mol. The lowest BCUT2D eigenvalue weighted by Gasteiger charge is -2.30. The molecule has 1 aromatic carbocycles. The first-order valence-corrected chi connectivity index (χ1v) is 9.47. The number of nitrogens with zero attached hydrogens (tertiary/aromatic N) is 2.